The van der Waals surface area contributed by atoms with Gasteiger partial charge in [-0.3, -0.25) is 38.6 Å². The van der Waals surface area contributed by atoms with Crippen molar-refractivity contribution in [3.05, 3.63) is 35.9 Å². The normalized spacial score (nSPS) is 23.7. The van der Waals surface area contributed by atoms with Crippen molar-refractivity contribution in [2.24, 2.45) is 16.5 Å². The van der Waals surface area contributed by atoms with Gasteiger partial charge in [-0.05, 0) is 31.2 Å². The molecule has 2 aliphatic heterocycles. The molecule has 2 fully saturated rings. The molecule has 4 atom stereocenters. The van der Waals surface area contributed by atoms with Crippen LogP contribution in [0, 0.1) is 0 Å². The Bertz CT molecular complexity index is 1300. The maximum Gasteiger partial charge on any atom is 0.305 e. The third-order valence-corrected chi connectivity index (χ3v) is 7.24. The molecule has 0 aliphatic carbocycles. The summed E-state index contributed by atoms with van der Waals surface area (Å²) in [6.45, 7) is -0.727. The molecule has 0 radical (unpaired) electrons. The Labute approximate surface area is 258 Å². The van der Waals surface area contributed by atoms with Crippen molar-refractivity contribution in [2.45, 2.75) is 62.7 Å². The van der Waals surface area contributed by atoms with Crippen LogP contribution in [0.1, 0.15) is 37.7 Å². The second-order valence-electron chi connectivity index (χ2n) is 10.7. The Kier molecular flexibility index (Phi) is 12.6. The van der Waals surface area contributed by atoms with Gasteiger partial charge in [0, 0.05) is 19.5 Å². The number of aliphatic carboxylic acids is 1. The first-order valence-corrected chi connectivity index (χ1v) is 14.5. The zero-order valence-corrected chi connectivity index (χ0v) is 24.6. The van der Waals surface area contributed by atoms with Crippen molar-refractivity contribution in [1.29, 1.82) is 0 Å². The first kappa shape index (κ1) is 34.3. The Morgan fingerprint density at radius 1 is 0.867 bits per heavy atom. The van der Waals surface area contributed by atoms with Gasteiger partial charge in [-0.2, -0.15) is 0 Å². The monoisotopic (exact) mass is 629 g/mol. The van der Waals surface area contributed by atoms with Crippen LogP contribution in [-0.2, 0) is 40.0 Å². The van der Waals surface area contributed by atoms with Gasteiger partial charge >= 0.3 is 5.97 Å². The lowest BCUT2D eigenvalue weighted by Crippen LogP contribution is -2.58. The highest BCUT2D eigenvalue weighted by Gasteiger charge is 2.36. The van der Waals surface area contributed by atoms with E-state index < -0.39 is 85.1 Å². The quantitative estimate of drug-likeness (QED) is 0.0797. The fraction of sp³-hybridized carbons (Fsp3) is 0.500. The Balaban J connectivity index is 1.87. The number of hydrogen-bond acceptors (Lipinski definition) is 8. The Morgan fingerprint density at radius 3 is 2.22 bits per heavy atom. The molecule has 0 unspecified atom stereocenters. The number of carbonyl (C=O) groups excluding carboxylic acids is 6. The van der Waals surface area contributed by atoms with Gasteiger partial charge < -0.3 is 48.1 Å². The van der Waals surface area contributed by atoms with Crippen molar-refractivity contribution in [2.75, 3.05) is 26.2 Å². The molecule has 1 aromatic rings. The summed E-state index contributed by atoms with van der Waals surface area (Å²) in [4.78, 5) is 95.3. The number of benzene rings is 1. The van der Waals surface area contributed by atoms with E-state index in [0.717, 1.165) is 0 Å². The lowest BCUT2D eigenvalue weighted by molar-refractivity contribution is -0.141. The number of rotatable bonds is 8. The average Bonchev–Trinajstić information content (AvgIpc) is 3.49. The van der Waals surface area contributed by atoms with Gasteiger partial charge in [0.05, 0.1) is 19.5 Å². The predicted molar refractivity (Wildman–Crippen MR) is 159 cm³/mol. The van der Waals surface area contributed by atoms with Crippen LogP contribution in [0.25, 0.3) is 0 Å². The van der Waals surface area contributed by atoms with Gasteiger partial charge in [-0.25, -0.2) is 0 Å². The molecule has 6 amide bonds. The average molecular weight is 630 g/mol. The van der Waals surface area contributed by atoms with E-state index in [4.69, 9.17) is 11.5 Å². The molecule has 17 heteroatoms. The van der Waals surface area contributed by atoms with Gasteiger partial charge in [-0.1, -0.05) is 30.3 Å². The molecule has 17 nitrogen and oxygen atoms in total. The zero-order valence-electron chi connectivity index (χ0n) is 24.6. The van der Waals surface area contributed by atoms with Gasteiger partial charge in [0.1, 0.15) is 24.2 Å². The smallest absolute Gasteiger partial charge is 0.305 e. The summed E-state index contributed by atoms with van der Waals surface area (Å²) >= 11 is 0. The number of hydrogen-bond donors (Lipinski definition) is 8. The summed E-state index contributed by atoms with van der Waals surface area (Å²) in [7, 11) is 0. The van der Waals surface area contributed by atoms with Crippen LogP contribution in [0.4, 0.5) is 0 Å². The van der Waals surface area contributed by atoms with Crippen LogP contribution >= 0.6 is 0 Å². The highest BCUT2D eigenvalue weighted by atomic mass is 16.4. The van der Waals surface area contributed by atoms with Crippen LogP contribution in [0.15, 0.2) is 35.3 Å². The van der Waals surface area contributed by atoms with Crippen LogP contribution in [0.5, 0.6) is 0 Å². The first-order chi connectivity index (χ1) is 21.4. The van der Waals surface area contributed by atoms with Crippen LogP contribution < -0.4 is 38.1 Å². The van der Waals surface area contributed by atoms with E-state index in [9.17, 15) is 38.7 Å². The minimum Gasteiger partial charge on any atom is -0.481 e. The molecule has 244 valence electrons. The topological polar surface area (TPSA) is 268 Å². The van der Waals surface area contributed by atoms with Gasteiger partial charge in [-0.15, -0.1) is 0 Å². The van der Waals surface area contributed by atoms with Crippen LogP contribution in [0.2, 0.25) is 0 Å². The second kappa shape index (κ2) is 16.6. The summed E-state index contributed by atoms with van der Waals surface area (Å²) in [6, 6.07) is 3.79. The maximum atomic E-state index is 13.3. The fourth-order valence-corrected chi connectivity index (χ4v) is 5.02. The number of carboxylic acids is 1. The molecule has 45 heavy (non-hydrogen) atoms. The van der Waals surface area contributed by atoms with Crippen LogP contribution in [-0.4, -0.2) is 108 Å². The highest BCUT2D eigenvalue weighted by molar-refractivity contribution is 5.97. The van der Waals surface area contributed by atoms with E-state index in [1.165, 1.54) is 4.90 Å². The van der Waals surface area contributed by atoms with Gasteiger partial charge in [0.25, 0.3) is 0 Å². The predicted octanol–water partition coefficient (Wildman–Crippen LogP) is -3.55. The third kappa shape index (κ3) is 10.8. The van der Waals surface area contributed by atoms with Gasteiger partial charge in [0.15, 0.2) is 5.96 Å². The number of nitrogens with zero attached hydrogens (tertiary/aromatic N) is 2. The molecule has 2 aliphatic rings. The summed E-state index contributed by atoms with van der Waals surface area (Å²) < 4.78 is 0. The number of fused-ring (bicyclic) bond motifs is 1. The van der Waals surface area contributed by atoms with E-state index in [1.54, 1.807) is 30.3 Å². The zero-order chi connectivity index (χ0) is 32.9. The molecule has 2 heterocycles. The van der Waals surface area contributed by atoms with Crippen LogP contribution in [0.3, 0.4) is 0 Å². The molecule has 2 saturated heterocycles. The summed E-state index contributed by atoms with van der Waals surface area (Å²) in [6.07, 6.45) is 0.385. The van der Waals surface area contributed by atoms with E-state index in [1.807, 2.05) is 0 Å². The number of aliphatic imine (C=N–C) groups is 1. The maximum absolute atomic E-state index is 13.3. The number of amides is 6. The van der Waals surface area contributed by atoms with E-state index in [0.29, 0.717) is 18.4 Å². The summed E-state index contributed by atoms with van der Waals surface area (Å²) in [5.74, 6) is -5.97. The summed E-state index contributed by atoms with van der Waals surface area (Å²) in [5, 5.41) is 21.7. The Morgan fingerprint density at radius 2 is 1.53 bits per heavy atom. The van der Waals surface area contributed by atoms with Gasteiger partial charge in [0.2, 0.25) is 35.4 Å². The number of carboxylic acid groups (broad SMARTS) is 1. The molecular formula is C28H39N9O8. The number of carbonyl (C=O) groups is 7. The van der Waals surface area contributed by atoms with Crippen molar-refractivity contribution >= 4 is 47.4 Å². The third-order valence-electron chi connectivity index (χ3n) is 7.24. The number of nitrogens with two attached hydrogens (primary N) is 2. The molecular weight excluding hydrogens is 590 g/mol. The molecule has 10 N–H and O–H groups in total. The highest BCUT2D eigenvalue weighted by Crippen LogP contribution is 2.18. The number of nitrogens with one attached hydrogen (secondary N) is 5. The van der Waals surface area contributed by atoms with Crippen molar-refractivity contribution in [3.8, 4) is 0 Å². The largest absolute Gasteiger partial charge is 0.481 e. The van der Waals surface area contributed by atoms with E-state index in [-0.39, 0.29) is 38.3 Å². The first-order valence-electron chi connectivity index (χ1n) is 14.5. The second-order valence-corrected chi connectivity index (χ2v) is 10.7. The lowest BCUT2D eigenvalue weighted by Gasteiger charge is -2.27. The fourth-order valence-electron chi connectivity index (χ4n) is 5.02. The standard InChI is InChI=1S/C28H39N9O8/c29-28(30)31-10-4-8-17-24(42)32-14-21(38)34-19(13-23(40)41)26(44)36-18(12-16-6-2-1-3-7-16)25(43)33-15-22(39)37-11-5-9-20(37)27(45)35-17/h1-3,6-7,17-20H,4-5,8-15H2,(H,32,42)(H,33,43)(H,34,38)(H,35,45)(H,36,44)(H,40,41)(H4,29,30,31)/t17-,18+,19-,20-/m0/s1. The summed E-state index contributed by atoms with van der Waals surface area (Å²) in [5.41, 5.74) is 11.4. The molecule has 1 aromatic carbocycles. The number of guanidine groups is 1. The van der Waals surface area contributed by atoms with Crippen molar-refractivity contribution < 1.29 is 38.7 Å². The molecule has 0 spiro atoms. The molecule has 3 rings (SSSR count). The minimum absolute atomic E-state index is 0.00425. The lowest BCUT2D eigenvalue weighted by atomic mass is 10.0. The molecule has 0 bridgehead atoms. The van der Waals surface area contributed by atoms with E-state index >= 15 is 0 Å². The molecule has 0 aromatic heterocycles. The Hall–Kier alpha value is -5.22. The van der Waals surface area contributed by atoms with Crippen molar-refractivity contribution in [1.82, 2.24) is 31.5 Å². The SMILES string of the molecule is NC(N)=NCCC[C@@H]1NC(=O)[C@@H]2CCCN2C(=O)CNC(=O)[C@@H](Cc2ccccc2)NC(=O)[C@H](CC(=O)O)NC(=O)CNC1=O. The molecule has 0 saturated carbocycles. The van der Waals surface area contributed by atoms with E-state index in [2.05, 4.69) is 31.6 Å². The minimum atomic E-state index is -1.60. The van der Waals surface area contributed by atoms with Crippen molar-refractivity contribution in [3.63, 3.8) is 0 Å².